The second kappa shape index (κ2) is 7.63. The quantitative estimate of drug-likeness (QED) is 0.755. The number of hydrogen-bond donors (Lipinski definition) is 1. The molecule has 4 nitrogen and oxygen atoms in total. The zero-order valence-electron chi connectivity index (χ0n) is 13.8. The van der Waals surface area contributed by atoms with Crippen LogP contribution in [-0.2, 0) is 4.79 Å². The summed E-state index contributed by atoms with van der Waals surface area (Å²) >= 11 is 0. The lowest BCUT2D eigenvalue weighted by molar-refractivity contribution is -0.143. The molecular formula is C18H27NO3. The Balaban J connectivity index is 2.15. The maximum absolute atomic E-state index is 11.8. The van der Waals surface area contributed by atoms with Crippen LogP contribution in [0.1, 0.15) is 51.6 Å². The van der Waals surface area contributed by atoms with Crippen LogP contribution in [0.3, 0.4) is 0 Å². The third-order valence-corrected chi connectivity index (χ3v) is 3.87. The van der Waals surface area contributed by atoms with Crippen LogP contribution in [0, 0.1) is 5.92 Å². The Labute approximate surface area is 133 Å². The minimum absolute atomic E-state index is 0.118. The van der Waals surface area contributed by atoms with E-state index in [0.717, 1.165) is 30.8 Å². The lowest BCUT2D eigenvalue weighted by Gasteiger charge is -2.29. The number of carboxylic acids is 1. The van der Waals surface area contributed by atoms with E-state index in [-0.39, 0.29) is 6.10 Å². The normalized spacial score (nSPS) is 16.0. The molecule has 1 atom stereocenters. The third-order valence-electron chi connectivity index (χ3n) is 3.87. The Kier molecular flexibility index (Phi) is 5.83. The Morgan fingerprint density at radius 2 is 1.95 bits per heavy atom. The lowest BCUT2D eigenvalue weighted by atomic mass is 10.0. The van der Waals surface area contributed by atoms with Gasteiger partial charge in [0.1, 0.15) is 11.8 Å². The third kappa shape index (κ3) is 4.73. The molecule has 22 heavy (non-hydrogen) atoms. The Morgan fingerprint density at radius 3 is 2.41 bits per heavy atom. The van der Waals surface area contributed by atoms with Gasteiger partial charge in [-0.3, -0.25) is 9.69 Å². The Morgan fingerprint density at radius 1 is 1.32 bits per heavy atom. The molecular weight excluding hydrogens is 278 g/mol. The Hall–Kier alpha value is -1.55. The van der Waals surface area contributed by atoms with Crippen molar-refractivity contribution in [2.75, 3.05) is 13.1 Å². The molecule has 1 aromatic rings. The largest absolute Gasteiger partial charge is 0.491 e. The van der Waals surface area contributed by atoms with Gasteiger partial charge in [0, 0.05) is 6.54 Å². The van der Waals surface area contributed by atoms with E-state index < -0.39 is 12.0 Å². The molecule has 1 aromatic carbocycles. The van der Waals surface area contributed by atoms with Crippen molar-refractivity contribution in [3.05, 3.63) is 29.8 Å². The van der Waals surface area contributed by atoms with Gasteiger partial charge in [-0.25, -0.2) is 0 Å². The topological polar surface area (TPSA) is 49.8 Å². The van der Waals surface area contributed by atoms with Gasteiger partial charge in [0.2, 0.25) is 0 Å². The van der Waals surface area contributed by atoms with Gasteiger partial charge >= 0.3 is 5.97 Å². The number of aliphatic carboxylic acids is 1. The number of hydrogen-bond acceptors (Lipinski definition) is 3. The highest BCUT2D eigenvalue weighted by Gasteiger charge is 2.32. The van der Waals surface area contributed by atoms with Crippen molar-refractivity contribution in [2.24, 2.45) is 5.92 Å². The molecule has 1 N–H and O–H groups in total. The maximum atomic E-state index is 11.8. The van der Waals surface area contributed by atoms with Crippen molar-refractivity contribution in [3.63, 3.8) is 0 Å². The molecule has 0 amide bonds. The summed E-state index contributed by atoms with van der Waals surface area (Å²) in [5.74, 6) is 0.690. The predicted octanol–water partition coefficient (Wildman–Crippen LogP) is 3.72. The molecule has 0 radical (unpaired) electrons. The summed E-state index contributed by atoms with van der Waals surface area (Å²) in [6.45, 7) is 7.75. The molecule has 1 fully saturated rings. The SMILES string of the molecule is CCCN(CC1CC1)C(C(=O)O)c1ccc(OC(C)C)cc1. The van der Waals surface area contributed by atoms with Crippen molar-refractivity contribution >= 4 is 5.97 Å². The summed E-state index contributed by atoms with van der Waals surface area (Å²) in [7, 11) is 0. The van der Waals surface area contributed by atoms with E-state index in [2.05, 4.69) is 11.8 Å². The van der Waals surface area contributed by atoms with Crippen LogP contribution in [0.5, 0.6) is 5.75 Å². The van der Waals surface area contributed by atoms with Crippen LogP contribution in [0.2, 0.25) is 0 Å². The van der Waals surface area contributed by atoms with Gasteiger partial charge in [-0.2, -0.15) is 0 Å². The number of ether oxygens (including phenoxy) is 1. The van der Waals surface area contributed by atoms with Gasteiger partial charge in [-0.05, 0) is 63.3 Å². The van der Waals surface area contributed by atoms with E-state index >= 15 is 0 Å². The fraction of sp³-hybridized carbons (Fsp3) is 0.611. The first kappa shape index (κ1) is 16.8. The van der Waals surface area contributed by atoms with Crippen LogP contribution in [0.15, 0.2) is 24.3 Å². The average molecular weight is 305 g/mol. The number of carboxylic acid groups (broad SMARTS) is 1. The van der Waals surface area contributed by atoms with Crippen molar-refractivity contribution < 1.29 is 14.6 Å². The molecule has 1 aliphatic carbocycles. The van der Waals surface area contributed by atoms with Gasteiger partial charge < -0.3 is 9.84 Å². The van der Waals surface area contributed by atoms with E-state index in [1.807, 2.05) is 38.1 Å². The molecule has 4 heteroatoms. The molecule has 1 saturated carbocycles. The first-order chi connectivity index (χ1) is 10.5. The van der Waals surface area contributed by atoms with Crippen molar-refractivity contribution in [3.8, 4) is 5.75 Å². The van der Waals surface area contributed by atoms with Gasteiger partial charge in [-0.1, -0.05) is 19.1 Å². The fourth-order valence-corrected chi connectivity index (χ4v) is 2.76. The zero-order valence-corrected chi connectivity index (χ0v) is 13.8. The molecule has 1 unspecified atom stereocenters. The highest BCUT2D eigenvalue weighted by atomic mass is 16.5. The van der Waals surface area contributed by atoms with E-state index in [1.54, 1.807) is 0 Å². The number of benzene rings is 1. The average Bonchev–Trinajstić information content (AvgIpc) is 3.24. The van der Waals surface area contributed by atoms with Crippen LogP contribution >= 0.6 is 0 Å². The lowest BCUT2D eigenvalue weighted by Crippen LogP contribution is -2.36. The Bertz CT molecular complexity index is 480. The molecule has 0 bridgehead atoms. The van der Waals surface area contributed by atoms with E-state index in [0.29, 0.717) is 5.92 Å². The second-order valence-electron chi connectivity index (χ2n) is 6.41. The molecule has 0 aromatic heterocycles. The van der Waals surface area contributed by atoms with Crippen molar-refractivity contribution in [1.82, 2.24) is 4.90 Å². The van der Waals surface area contributed by atoms with Crippen molar-refractivity contribution in [1.29, 1.82) is 0 Å². The van der Waals surface area contributed by atoms with Crippen molar-refractivity contribution in [2.45, 2.75) is 52.2 Å². The van der Waals surface area contributed by atoms with Gasteiger partial charge in [-0.15, -0.1) is 0 Å². The zero-order chi connectivity index (χ0) is 16.1. The summed E-state index contributed by atoms with van der Waals surface area (Å²) in [6, 6.07) is 6.94. The summed E-state index contributed by atoms with van der Waals surface area (Å²) in [4.78, 5) is 13.9. The smallest absolute Gasteiger partial charge is 0.325 e. The minimum atomic E-state index is -0.772. The first-order valence-electron chi connectivity index (χ1n) is 8.24. The van der Waals surface area contributed by atoms with Gasteiger partial charge in [0.05, 0.1) is 6.10 Å². The highest BCUT2D eigenvalue weighted by Crippen LogP contribution is 2.33. The minimum Gasteiger partial charge on any atom is -0.491 e. The summed E-state index contributed by atoms with van der Waals surface area (Å²) in [5.41, 5.74) is 0.831. The van der Waals surface area contributed by atoms with Crippen LogP contribution in [0.4, 0.5) is 0 Å². The second-order valence-corrected chi connectivity index (χ2v) is 6.41. The number of rotatable bonds is 9. The molecule has 1 aliphatic rings. The number of nitrogens with zero attached hydrogens (tertiary/aromatic N) is 1. The van der Waals surface area contributed by atoms with Gasteiger partial charge in [0.15, 0.2) is 0 Å². The molecule has 0 spiro atoms. The van der Waals surface area contributed by atoms with Crippen LogP contribution in [-0.4, -0.2) is 35.2 Å². The summed E-state index contributed by atoms with van der Waals surface area (Å²) in [6.07, 6.45) is 3.54. The van der Waals surface area contributed by atoms with E-state index in [9.17, 15) is 9.90 Å². The molecule has 0 heterocycles. The fourth-order valence-electron chi connectivity index (χ4n) is 2.76. The van der Waals surface area contributed by atoms with Crippen LogP contribution in [0.25, 0.3) is 0 Å². The van der Waals surface area contributed by atoms with E-state index in [1.165, 1.54) is 12.8 Å². The monoisotopic (exact) mass is 305 g/mol. The maximum Gasteiger partial charge on any atom is 0.325 e. The standard InChI is InChI=1S/C18H27NO3/c1-4-11-19(12-14-5-6-14)17(18(20)21)15-7-9-16(10-8-15)22-13(2)3/h7-10,13-14,17H,4-6,11-12H2,1-3H3,(H,20,21). The molecule has 122 valence electrons. The van der Waals surface area contributed by atoms with Crippen LogP contribution < -0.4 is 4.74 Å². The van der Waals surface area contributed by atoms with Gasteiger partial charge in [0.25, 0.3) is 0 Å². The molecule has 0 aliphatic heterocycles. The predicted molar refractivity (Wildman–Crippen MR) is 87.2 cm³/mol. The molecule has 2 rings (SSSR count). The first-order valence-corrected chi connectivity index (χ1v) is 8.24. The van der Waals surface area contributed by atoms with E-state index in [4.69, 9.17) is 4.74 Å². The summed E-state index contributed by atoms with van der Waals surface area (Å²) in [5, 5.41) is 9.70. The number of carbonyl (C=O) groups is 1. The highest BCUT2D eigenvalue weighted by molar-refractivity contribution is 5.75. The molecule has 0 saturated heterocycles. The summed E-state index contributed by atoms with van der Waals surface area (Å²) < 4.78 is 5.63.